The van der Waals surface area contributed by atoms with Crippen LogP contribution in [0.5, 0.6) is 0 Å². The van der Waals surface area contributed by atoms with Gasteiger partial charge in [0.2, 0.25) is 5.91 Å². The van der Waals surface area contributed by atoms with Crippen LogP contribution in [0.3, 0.4) is 0 Å². The van der Waals surface area contributed by atoms with Gasteiger partial charge in [0, 0.05) is 12.8 Å². The summed E-state index contributed by atoms with van der Waals surface area (Å²) in [5.41, 5.74) is 0. The van der Waals surface area contributed by atoms with Crippen LogP contribution in [-0.4, -0.2) is 64.9 Å². The zero-order valence-corrected chi connectivity index (χ0v) is 43.9. The Morgan fingerprint density at radius 3 is 1.25 bits per heavy atom. The molecule has 0 aliphatic heterocycles. The number of hydrogen-bond acceptors (Lipinski definition) is 8. The van der Waals surface area contributed by atoms with Crippen molar-refractivity contribution in [3.63, 3.8) is 0 Å². The maximum atomic E-state index is 12.4. The number of phosphoric acid groups is 1. The average molecular weight is 968 g/mol. The van der Waals surface area contributed by atoms with E-state index in [1.807, 2.05) is 0 Å². The van der Waals surface area contributed by atoms with Crippen LogP contribution in [-0.2, 0) is 32.7 Å². The van der Waals surface area contributed by atoms with Crippen molar-refractivity contribution in [2.75, 3.05) is 19.8 Å². The Hall–Kier alpha value is -2.30. The Kier molecular flexibility index (Phi) is 48.4. The number of allylic oxidation sites excluding steroid dienone is 6. The minimum atomic E-state index is -4.76. The maximum absolute atomic E-state index is 12.4. The molecule has 0 radical (unpaired) electrons. The van der Waals surface area contributed by atoms with Crippen LogP contribution < -0.4 is 5.32 Å². The molecule has 4 N–H and O–H groups in total. The van der Waals surface area contributed by atoms with Gasteiger partial charge in [-0.2, -0.15) is 0 Å². The molecule has 0 fully saturated rings. The molecule has 67 heavy (non-hydrogen) atoms. The summed E-state index contributed by atoms with van der Waals surface area (Å²) in [6.07, 6.45) is 57.4. The van der Waals surface area contributed by atoms with Crippen molar-refractivity contribution < 1.29 is 47.8 Å². The number of amides is 1. The van der Waals surface area contributed by atoms with E-state index in [9.17, 15) is 34.1 Å². The highest BCUT2D eigenvalue weighted by atomic mass is 31.2. The van der Waals surface area contributed by atoms with E-state index < -0.39 is 57.6 Å². The van der Waals surface area contributed by atoms with Crippen LogP contribution in [0.4, 0.5) is 0 Å². The molecule has 1 amide bonds. The molecule has 0 aliphatic carbocycles. The van der Waals surface area contributed by atoms with Crippen molar-refractivity contribution in [3.05, 3.63) is 36.5 Å². The molecule has 0 aromatic heterocycles. The topological polar surface area (TPSA) is 169 Å². The minimum absolute atomic E-state index is 0.149. The Morgan fingerprint density at radius 1 is 0.478 bits per heavy atom. The summed E-state index contributed by atoms with van der Waals surface area (Å²) in [6.45, 7) is 2.61. The molecule has 12 heteroatoms. The number of hydrogen-bond donors (Lipinski definition) is 4. The Morgan fingerprint density at radius 2 is 0.821 bits per heavy atom. The van der Waals surface area contributed by atoms with E-state index in [0.29, 0.717) is 12.8 Å². The van der Waals surface area contributed by atoms with Crippen LogP contribution in [0.2, 0.25) is 0 Å². The highest BCUT2D eigenvalue weighted by Gasteiger charge is 2.28. The zero-order chi connectivity index (χ0) is 49.2. The SMILES string of the molecule is CCCCC/C=C\C/C=C\C/C=C\CCCCCCCCCCC(=O)OCC(O)COP(=O)(O)OCC(NC(=O)CCCCCCCCCCCCCCCCCCCCCCCC)C(=O)O. The van der Waals surface area contributed by atoms with Crippen molar-refractivity contribution >= 4 is 25.7 Å². The molecular formula is C55H102NO10P. The summed E-state index contributed by atoms with van der Waals surface area (Å²) >= 11 is 0. The third kappa shape index (κ3) is 49.9. The summed E-state index contributed by atoms with van der Waals surface area (Å²) in [5, 5.41) is 22.0. The highest BCUT2D eigenvalue weighted by molar-refractivity contribution is 7.47. The Labute approximate surface area is 410 Å². The summed E-state index contributed by atoms with van der Waals surface area (Å²) in [6, 6.07) is -1.55. The van der Waals surface area contributed by atoms with Crippen LogP contribution in [0.1, 0.15) is 264 Å². The normalized spacial score (nSPS) is 13.7. The van der Waals surface area contributed by atoms with E-state index in [1.165, 1.54) is 167 Å². The second kappa shape index (κ2) is 50.1. The number of phosphoric ester groups is 1. The molecule has 392 valence electrons. The Balaban J connectivity index is 3.79. The molecule has 11 nitrogen and oxygen atoms in total. The fourth-order valence-electron chi connectivity index (χ4n) is 7.91. The quantitative estimate of drug-likeness (QED) is 0.0199. The first-order valence-electron chi connectivity index (χ1n) is 27.5. The monoisotopic (exact) mass is 968 g/mol. The lowest BCUT2D eigenvalue weighted by atomic mass is 10.0. The number of unbranched alkanes of at least 4 members (excludes halogenated alkanes) is 32. The molecule has 3 unspecified atom stereocenters. The number of aliphatic hydroxyl groups excluding tert-OH is 1. The molecule has 3 atom stereocenters. The molecule has 0 rings (SSSR count). The van der Waals surface area contributed by atoms with Crippen LogP contribution in [0, 0.1) is 0 Å². The zero-order valence-electron chi connectivity index (χ0n) is 43.0. The number of aliphatic hydroxyl groups is 1. The largest absolute Gasteiger partial charge is 0.480 e. The second-order valence-electron chi connectivity index (χ2n) is 18.8. The standard InChI is InChI=1S/C55H102NO10P/c1-3-5-7-9-11-13-15-17-19-21-23-25-27-28-30-32-34-36-38-40-42-44-46-53(58)56-52(55(60)61)50-66-67(62,63)65-49-51(57)48-64-54(59)47-45-43-41-39-37-35-33-31-29-26-24-22-20-18-16-14-12-10-8-6-4-2/h12,14,18,20,24,26,51-52,57H,3-11,13,15-17,19,21-23,25,27-50H2,1-2H3,(H,56,58)(H,60,61)(H,62,63)/b14-12-,20-18-,26-24-. The van der Waals surface area contributed by atoms with Gasteiger partial charge in [-0.3, -0.25) is 18.6 Å². The fourth-order valence-corrected chi connectivity index (χ4v) is 8.69. The molecule has 0 spiro atoms. The van der Waals surface area contributed by atoms with Crippen molar-refractivity contribution in [2.24, 2.45) is 0 Å². The number of nitrogens with one attached hydrogen (secondary N) is 1. The van der Waals surface area contributed by atoms with Crippen LogP contribution >= 0.6 is 7.82 Å². The summed E-state index contributed by atoms with van der Waals surface area (Å²) < 4.78 is 27.0. The van der Waals surface area contributed by atoms with Gasteiger partial charge in [-0.15, -0.1) is 0 Å². The van der Waals surface area contributed by atoms with E-state index in [4.69, 9.17) is 13.8 Å². The Bertz CT molecular complexity index is 1270. The summed E-state index contributed by atoms with van der Waals surface area (Å²) in [7, 11) is -4.76. The van der Waals surface area contributed by atoms with Gasteiger partial charge in [-0.05, 0) is 51.4 Å². The molecule has 0 aliphatic rings. The molecule has 0 saturated heterocycles. The molecule has 0 bridgehead atoms. The van der Waals surface area contributed by atoms with Gasteiger partial charge < -0.3 is 25.2 Å². The van der Waals surface area contributed by atoms with Crippen molar-refractivity contribution in [1.82, 2.24) is 5.32 Å². The van der Waals surface area contributed by atoms with Gasteiger partial charge in [-0.25, -0.2) is 9.36 Å². The van der Waals surface area contributed by atoms with E-state index in [0.717, 1.165) is 57.8 Å². The van der Waals surface area contributed by atoms with E-state index in [-0.39, 0.29) is 12.8 Å². The number of ether oxygens (including phenoxy) is 1. The van der Waals surface area contributed by atoms with Crippen LogP contribution in [0.25, 0.3) is 0 Å². The smallest absolute Gasteiger partial charge is 0.472 e. The molecule has 0 saturated carbocycles. The van der Waals surface area contributed by atoms with Crippen molar-refractivity contribution in [2.45, 2.75) is 276 Å². The number of aliphatic carboxylic acids is 1. The lowest BCUT2D eigenvalue weighted by molar-refractivity contribution is -0.147. The first-order valence-corrected chi connectivity index (χ1v) is 29.0. The van der Waals surface area contributed by atoms with Crippen molar-refractivity contribution in [3.8, 4) is 0 Å². The molecular weight excluding hydrogens is 866 g/mol. The van der Waals surface area contributed by atoms with E-state index in [1.54, 1.807) is 0 Å². The minimum Gasteiger partial charge on any atom is -0.480 e. The molecule has 0 heterocycles. The number of rotatable bonds is 52. The third-order valence-electron chi connectivity index (χ3n) is 12.2. The third-order valence-corrected chi connectivity index (χ3v) is 13.1. The lowest BCUT2D eigenvalue weighted by Crippen LogP contribution is -2.43. The second-order valence-corrected chi connectivity index (χ2v) is 20.2. The van der Waals surface area contributed by atoms with E-state index in [2.05, 4.69) is 55.6 Å². The first kappa shape index (κ1) is 64.7. The van der Waals surface area contributed by atoms with Gasteiger partial charge in [0.25, 0.3) is 0 Å². The predicted octanol–water partition coefficient (Wildman–Crippen LogP) is 15.5. The maximum Gasteiger partial charge on any atom is 0.472 e. The van der Waals surface area contributed by atoms with E-state index >= 15 is 0 Å². The predicted molar refractivity (Wildman–Crippen MR) is 277 cm³/mol. The number of carbonyl (C=O) groups excluding carboxylic acids is 2. The molecule has 0 aromatic rings. The van der Waals surface area contributed by atoms with Gasteiger partial charge >= 0.3 is 19.8 Å². The lowest BCUT2D eigenvalue weighted by Gasteiger charge is -2.18. The highest BCUT2D eigenvalue weighted by Crippen LogP contribution is 2.43. The van der Waals surface area contributed by atoms with Gasteiger partial charge in [0.1, 0.15) is 12.7 Å². The summed E-state index contributed by atoms with van der Waals surface area (Å²) in [4.78, 5) is 46.2. The average Bonchev–Trinajstić information content (AvgIpc) is 3.31. The number of esters is 1. The molecule has 0 aromatic carbocycles. The van der Waals surface area contributed by atoms with Gasteiger partial charge in [-0.1, -0.05) is 237 Å². The number of carbonyl (C=O) groups is 3. The van der Waals surface area contributed by atoms with Crippen molar-refractivity contribution in [1.29, 1.82) is 0 Å². The van der Waals surface area contributed by atoms with Gasteiger partial charge in [0.05, 0.1) is 13.2 Å². The number of carboxylic acid groups (broad SMARTS) is 1. The number of carboxylic acids is 1. The van der Waals surface area contributed by atoms with Gasteiger partial charge in [0.15, 0.2) is 6.04 Å². The first-order chi connectivity index (χ1) is 32.6. The van der Waals surface area contributed by atoms with Crippen LogP contribution in [0.15, 0.2) is 36.5 Å². The fraction of sp³-hybridized carbons (Fsp3) is 0.836. The summed E-state index contributed by atoms with van der Waals surface area (Å²) in [5.74, 6) is -2.36.